The molecule has 0 atom stereocenters. The Labute approximate surface area is 167 Å². The Kier molecular flexibility index (Phi) is 5.64. The van der Waals surface area contributed by atoms with E-state index in [9.17, 15) is 4.79 Å². The number of hydrogen-bond acceptors (Lipinski definition) is 5. The number of ketones is 1. The van der Waals surface area contributed by atoms with Crippen molar-refractivity contribution in [1.29, 1.82) is 0 Å². The van der Waals surface area contributed by atoms with Crippen LogP contribution in [0, 0.1) is 0 Å². The Hall–Kier alpha value is -3.18. The maximum absolute atomic E-state index is 13.0. The molecule has 1 N–H and O–H groups in total. The standard InChI is InChI=1S/C23H20N2O2S/c26-21(18-12-5-2-6-13-18)22-20(19-14-8-16-27-19)25-23(28-22)24-15-7-11-17-9-3-1-4-10-17/h1-6,8-10,12-14,16H,7,11,15H2,(H,24,25). The number of nitrogens with one attached hydrogen (secondary N) is 1. The molecule has 0 unspecified atom stereocenters. The fourth-order valence-corrected chi connectivity index (χ4v) is 3.94. The van der Waals surface area contributed by atoms with Gasteiger partial charge in [0.15, 0.2) is 10.9 Å². The van der Waals surface area contributed by atoms with Gasteiger partial charge in [-0.05, 0) is 30.5 Å². The topological polar surface area (TPSA) is 55.1 Å². The van der Waals surface area contributed by atoms with Crippen LogP contribution >= 0.6 is 11.3 Å². The van der Waals surface area contributed by atoms with Crippen LogP contribution in [0.25, 0.3) is 11.5 Å². The molecule has 2 heterocycles. The largest absolute Gasteiger partial charge is 0.463 e. The smallest absolute Gasteiger partial charge is 0.205 e. The van der Waals surface area contributed by atoms with Gasteiger partial charge < -0.3 is 9.73 Å². The van der Waals surface area contributed by atoms with E-state index < -0.39 is 0 Å². The van der Waals surface area contributed by atoms with Crippen LogP contribution in [-0.2, 0) is 6.42 Å². The highest BCUT2D eigenvalue weighted by Crippen LogP contribution is 2.33. The molecule has 28 heavy (non-hydrogen) atoms. The Morgan fingerprint density at radius 1 is 0.964 bits per heavy atom. The summed E-state index contributed by atoms with van der Waals surface area (Å²) in [5, 5.41) is 4.09. The molecule has 0 saturated carbocycles. The van der Waals surface area contributed by atoms with E-state index in [-0.39, 0.29) is 5.78 Å². The van der Waals surface area contributed by atoms with E-state index in [4.69, 9.17) is 4.42 Å². The summed E-state index contributed by atoms with van der Waals surface area (Å²) >= 11 is 1.38. The number of nitrogens with zero attached hydrogens (tertiary/aromatic N) is 1. The number of thiazole rings is 1. The van der Waals surface area contributed by atoms with Crippen LogP contribution < -0.4 is 5.32 Å². The first-order chi connectivity index (χ1) is 13.8. The van der Waals surface area contributed by atoms with Gasteiger partial charge in [-0.2, -0.15) is 0 Å². The van der Waals surface area contributed by atoms with Gasteiger partial charge in [-0.25, -0.2) is 4.98 Å². The third-order valence-corrected chi connectivity index (χ3v) is 5.40. The minimum absolute atomic E-state index is 0.0400. The summed E-state index contributed by atoms with van der Waals surface area (Å²) in [5.41, 5.74) is 2.56. The van der Waals surface area contributed by atoms with E-state index in [1.165, 1.54) is 16.9 Å². The fraction of sp³-hybridized carbons (Fsp3) is 0.130. The molecule has 0 fully saturated rings. The molecule has 0 aliphatic heterocycles. The molecular formula is C23H20N2O2S. The lowest BCUT2D eigenvalue weighted by Gasteiger charge is -2.02. The maximum atomic E-state index is 13.0. The van der Waals surface area contributed by atoms with Gasteiger partial charge in [-0.1, -0.05) is 72.0 Å². The summed E-state index contributed by atoms with van der Waals surface area (Å²) in [6, 6.07) is 23.3. The highest BCUT2D eigenvalue weighted by atomic mass is 32.1. The Morgan fingerprint density at radius 2 is 1.71 bits per heavy atom. The SMILES string of the molecule is O=C(c1ccccc1)c1sc(NCCCc2ccccc2)nc1-c1ccco1. The average Bonchev–Trinajstić information content (AvgIpc) is 3.42. The van der Waals surface area contributed by atoms with Crippen molar-refractivity contribution in [2.75, 3.05) is 11.9 Å². The molecule has 4 nitrogen and oxygen atoms in total. The van der Waals surface area contributed by atoms with Crippen LogP contribution in [0.1, 0.15) is 27.2 Å². The lowest BCUT2D eigenvalue weighted by molar-refractivity contribution is 0.104. The quantitative estimate of drug-likeness (QED) is 0.312. The molecule has 0 aliphatic carbocycles. The predicted molar refractivity (Wildman–Crippen MR) is 113 cm³/mol. The number of aryl methyl sites for hydroxylation is 1. The molecule has 0 radical (unpaired) electrons. The van der Waals surface area contributed by atoms with E-state index in [2.05, 4.69) is 34.6 Å². The van der Waals surface area contributed by atoms with Gasteiger partial charge in [0.05, 0.1) is 6.26 Å². The summed E-state index contributed by atoms with van der Waals surface area (Å²) in [5.74, 6) is 0.565. The van der Waals surface area contributed by atoms with Gasteiger partial charge in [-0.3, -0.25) is 4.79 Å². The summed E-state index contributed by atoms with van der Waals surface area (Å²) < 4.78 is 5.51. The number of carbonyl (C=O) groups excluding carboxylic acids is 1. The van der Waals surface area contributed by atoms with Crippen molar-refractivity contribution >= 4 is 22.3 Å². The van der Waals surface area contributed by atoms with Crippen molar-refractivity contribution in [3.05, 3.63) is 95.1 Å². The molecule has 140 valence electrons. The molecule has 0 aliphatic rings. The molecule has 4 rings (SSSR count). The predicted octanol–water partition coefficient (Wildman–Crippen LogP) is 5.68. The lowest BCUT2D eigenvalue weighted by Crippen LogP contribution is -2.02. The summed E-state index contributed by atoms with van der Waals surface area (Å²) in [6.07, 6.45) is 3.58. The summed E-state index contributed by atoms with van der Waals surface area (Å²) in [6.45, 7) is 0.791. The normalized spacial score (nSPS) is 10.7. The summed E-state index contributed by atoms with van der Waals surface area (Å²) in [7, 11) is 0. The van der Waals surface area contributed by atoms with Gasteiger partial charge >= 0.3 is 0 Å². The highest BCUT2D eigenvalue weighted by molar-refractivity contribution is 7.18. The second kappa shape index (κ2) is 8.67. The van der Waals surface area contributed by atoms with Crippen LogP contribution in [-0.4, -0.2) is 17.3 Å². The Balaban J connectivity index is 1.50. The number of carbonyl (C=O) groups is 1. The number of benzene rings is 2. The molecule has 0 amide bonds. The minimum Gasteiger partial charge on any atom is -0.463 e. The van der Waals surface area contributed by atoms with Crippen molar-refractivity contribution in [1.82, 2.24) is 4.98 Å². The van der Waals surface area contributed by atoms with Crippen molar-refractivity contribution < 1.29 is 9.21 Å². The van der Waals surface area contributed by atoms with Gasteiger partial charge in [-0.15, -0.1) is 0 Å². The number of furan rings is 1. The lowest BCUT2D eigenvalue weighted by atomic mass is 10.1. The molecule has 2 aromatic carbocycles. The van der Waals surface area contributed by atoms with E-state index >= 15 is 0 Å². The number of hydrogen-bond donors (Lipinski definition) is 1. The van der Waals surface area contributed by atoms with Crippen molar-refractivity contribution in [3.63, 3.8) is 0 Å². The summed E-state index contributed by atoms with van der Waals surface area (Å²) in [4.78, 5) is 18.2. The first-order valence-electron chi connectivity index (χ1n) is 9.23. The first-order valence-corrected chi connectivity index (χ1v) is 10.0. The molecular weight excluding hydrogens is 368 g/mol. The van der Waals surface area contributed by atoms with Crippen LogP contribution in [0.2, 0.25) is 0 Å². The Morgan fingerprint density at radius 3 is 2.43 bits per heavy atom. The van der Waals surface area contributed by atoms with Crippen molar-refractivity contribution in [2.24, 2.45) is 0 Å². The van der Waals surface area contributed by atoms with Gasteiger partial charge in [0, 0.05) is 12.1 Å². The minimum atomic E-state index is -0.0400. The molecule has 5 heteroatoms. The molecule has 0 saturated heterocycles. The zero-order valence-electron chi connectivity index (χ0n) is 15.3. The third-order valence-electron chi connectivity index (χ3n) is 4.39. The van der Waals surface area contributed by atoms with E-state index in [1.54, 1.807) is 12.3 Å². The average molecular weight is 388 g/mol. The number of rotatable bonds is 8. The zero-order valence-corrected chi connectivity index (χ0v) is 16.1. The second-order valence-corrected chi connectivity index (χ2v) is 7.38. The molecule has 0 bridgehead atoms. The van der Waals surface area contributed by atoms with Crippen LogP contribution in [0.4, 0.5) is 5.13 Å². The van der Waals surface area contributed by atoms with Crippen molar-refractivity contribution in [3.8, 4) is 11.5 Å². The van der Waals surface area contributed by atoms with Crippen LogP contribution in [0.5, 0.6) is 0 Å². The maximum Gasteiger partial charge on any atom is 0.205 e. The molecule has 0 spiro atoms. The Bertz CT molecular complexity index is 1030. The van der Waals surface area contributed by atoms with Crippen LogP contribution in [0.3, 0.4) is 0 Å². The zero-order chi connectivity index (χ0) is 19.2. The number of anilines is 1. The first kappa shape index (κ1) is 18.2. The monoisotopic (exact) mass is 388 g/mol. The van der Waals surface area contributed by atoms with Gasteiger partial charge in [0.1, 0.15) is 10.6 Å². The fourth-order valence-electron chi connectivity index (χ4n) is 2.98. The van der Waals surface area contributed by atoms with Crippen LogP contribution in [0.15, 0.2) is 83.5 Å². The third kappa shape index (κ3) is 4.21. The second-order valence-electron chi connectivity index (χ2n) is 6.39. The van der Waals surface area contributed by atoms with E-state index in [0.717, 1.165) is 24.5 Å². The van der Waals surface area contributed by atoms with E-state index in [1.807, 2.05) is 42.5 Å². The molecule has 2 aromatic heterocycles. The molecule has 4 aromatic rings. The van der Waals surface area contributed by atoms with Gasteiger partial charge in [0.25, 0.3) is 0 Å². The van der Waals surface area contributed by atoms with E-state index in [0.29, 0.717) is 21.9 Å². The van der Waals surface area contributed by atoms with Crippen molar-refractivity contribution in [2.45, 2.75) is 12.8 Å². The number of aromatic nitrogens is 1. The highest BCUT2D eigenvalue weighted by Gasteiger charge is 2.22. The van der Waals surface area contributed by atoms with Gasteiger partial charge in [0.2, 0.25) is 5.78 Å².